The molecule has 1 aromatic carbocycles. The molecule has 0 saturated carbocycles. The highest BCUT2D eigenvalue weighted by Crippen LogP contribution is 2.14. The molecule has 0 fully saturated rings. The Kier molecular flexibility index (Phi) is 3.61. The van der Waals surface area contributed by atoms with Gasteiger partial charge in [-0.1, -0.05) is 18.2 Å². The van der Waals surface area contributed by atoms with Crippen molar-refractivity contribution in [2.75, 3.05) is 13.7 Å². The number of fused-ring (bicyclic) bond motifs is 1. The van der Waals surface area contributed by atoms with Gasteiger partial charge in [-0.05, 0) is 6.07 Å². The standard InChI is InChI=1S/C13H12N2O4/c1-19-12(17)7-14-13(18)9-6-11(16)15-10-5-3-2-4-8(9)10/h2-6H,7H2,1H3,(H,14,18)(H,15,16). The number of hydrogen-bond donors (Lipinski definition) is 2. The van der Waals surface area contributed by atoms with Crippen molar-refractivity contribution < 1.29 is 14.3 Å². The number of benzene rings is 1. The molecule has 1 aromatic heterocycles. The minimum absolute atomic E-state index is 0.225. The molecular weight excluding hydrogens is 248 g/mol. The first-order valence-electron chi connectivity index (χ1n) is 5.59. The molecule has 0 radical (unpaired) electrons. The number of H-pyrrole nitrogens is 1. The minimum atomic E-state index is -0.553. The number of hydrogen-bond acceptors (Lipinski definition) is 4. The molecule has 98 valence electrons. The van der Waals surface area contributed by atoms with Crippen molar-refractivity contribution in [3.63, 3.8) is 0 Å². The Hall–Kier alpha value is -2.63. The summed E-state index contributed by atoms with van der Waals surface area (Å²) in [7, 11) is 1.23. The molecule has 0 atom stereocenters. The third-order valence-corrected chi connectivity index (χ3v) is 2.62. The normalized spacial score (nSPS) is 10.2. The number of nitrogens with one attached hydrogen (secondary N) is 2. The lowest BCUT2D eigenvalue weighted by Gasteiger charge is -2.06. The fourth-order valence-electron chi connectivity index (χ4n) is 1.71. The third kappa shape index (κ3) is 2.79. The molecule has 1 heterocycles. The molecule has 0 bridgehead atoms. The smallest absolute Gasteiger partial charge is 0.325 e. The Morgan fingerprint density at radius 2 is 2.05 bits per heavy atom. The highest BCUT2D eigenvalue weighted by molar-refractivity contribution is 6.06. The number of carbonyl (C=O) groups is 2. The van der Waals surface area contributed by atoms with Gasteiger partial charge in [0.2, 0.25) is 5.56 Å². The topological polar surface area (TPSA) is 88.3 Å². The Morgan fingerprint density at radius 3 is 2.79 bits per heavy atom. The van der Waals surface area contributed by atoms with Crippen molar-refractivity contribution in [2.24, 2.45) is 0 Å². The van der Waals surface area contributed by atoms with Crippen LogP contribution in [0, 0.1) is 0 Å². The van der Waals surface area contributed by atoms with Gasteiger partial charge in [-0.3, -0.25) is 14.4 Å². The summed E-state index contributed by atoms with van der Waals surface area (Å²) in [5.41, 5.74) is 0.420. The predicted octanol–water partition coefficient (Wildman–Crippen LogP) is 0.431. The van der Waals surface area contributed by atoms with E-state index in [0.717, 1.165) is 0 Å². The van der Waals surface area contributed by atoms with Crippen LogP contribution in [0.4, 0.5) is 0 Å². The van der Waals surface area contributed by atoms with E-state index in [1.165, 1.54) is 13.2 Å². The molecule has 0 saturated heterocycles. The van der Waals surface area contributed by atoms with Crippen LogP contribution in [-0.4, -0.2) is 30.5 Å². The van der Waals surface area contributed by atoms with Gasteiger partial charge in [0.05, 0.1) is 12.7 Å². The Morgan fingerprint density at radius 1 is 1.32 bits per heavy atom. The molecule has 19 heavy (non-hydrogen) atoms. The van der Waals surface area contributed by atoms with Crippen LogP contribution in [-0.2, 0) is 9.53 Å². The lowest BCUT2D eigenvalue weighted by Crippen LogP contribution is -2.31. The zero-order chi connectivity index (χ0) is 13.8. The fraction of sp³-hybridized carbons (Fsp3) is 0.154. The number of ether oxygens (including phenoxy) is 1. The number of aromatic amines is 1. The second-order valence-corrected chi connectivity index (χ2v) is 3.85. The van der Waals surface area contributed by atoms with Crippen molar-refractivity contribution in [1.29, 1.82) is 0 Å². The van der Waals surface area contributed by atoms with Crippen LogP contribution < -0.4 is 10.9 Å². The second-order valence-electron chi connectivity index (χ2n) is 3.85. The van der Waals surface area contributed by atoms with Gasteiger partial charge in [-0.15, -0.1) is 0 Å². The maximum absolute atomic E-state index is 12.0. The van der Waals surface area contributed by atoms with Crippen LogP contribution in [0.3, 0.4) is 0 Å². The first-order valence-corrected chi connectivity index (χ1v) is 5.59. The summed E-state index contributed by atoms with van der Waals surface area (Å²) in [4.78, 5) is 37.0. The largest absolute Gasteiger partial charge is 0.468 e. The number of pyridine rings is 1. The van der Waals surface area contributed by atoms with Crippen molar-refractivity contribution in [1.82, 2.24) is 10.3 Å². The Bertz CT molecular complexity index is 690. The third-order valence-electron chi connectivity index (χ3n) is 2.62. The van der Waals surface area contributed by atoms with Crippen LogP contribution in [0.5, 0.6) is 0 Å². The second kappa shape index (κ2) is 5.34. The fourth-order valence-corrected chi connectivity index (χ4v) is 1.71. The number of methoxy groups -OCH3 is 1. The van der Waals surface area contributed by atoms with Crippen LogP contribution in [0.2, 0.25) is 0 Å². The maximum Gasteiger partial charge on any atom is 0.325 e. The highest BCUT2D eigenvalue weighted by Gasteiger charge is 2.12. The van der Waals surface area contributed by atoms with Gasteiger partial charge in [0, 0.05) is 17.0 Å². The number of rotatable bonds is 3. The van der Waals surface area contributed by atoms with E-state index in [1.54, 1.807) is 24.3 Å². The van der Waals surface area contributed by atoms with Crippen molar-refractivity contribution in [2.45, 2.75) is 0 Å². The molecule has 0 aliphatic heterocycles. The monoisotopic (exact) mass is 260 g/mol. The van der Waals surface area contributed by atoms with Gasteiger partial charge in [0.15, 0.2) is 0 Å². The summed E-state index contributed by atoms with van der Waals surface area (Å²) in [5, 5.41) is 3.02. The number of aromatic nitrogens is 1. The number of esters is 1. The molecular formula is C13H12N2O4. The van der Waals surface area contributed by atoms with Gasteiger partial charge >= 0.3 is 5.97 Å². The van der Waals surface area contributed by atoms with E-state index in [-0.39, 0.29) is 17.7 Å². The average Bonchev–Trinajstić information content (AvgIpc) is 2.43. The minimum Gasteiger partial charge on any atom is -0.468 e. The summed E-state index contributed by atoms with van der Waals surface area (Å²) in [6.45, 7) is -0.240. The number of para-hydroxylation sites is 1. The average molecular weight is 260 g/mol. The lowest BCUT2D eigenvalue weighted by atomic mass is 10.1. The van der Waals surface area contributed by atoms with Crippen molar-refractivity contribution in [3.05, 3.63) is 46.2 Å². The highest BCUT2D eigenvalue weighted by atomic mass is 16.5. The van der Waals surface area contributed by atoms with Crippen molar-refractivity contribution in [3.8, 4) is 0 Å². The van der Waals surface area contributed by atoms with Gasteiger partial charge in [0.25, 0.3) is 5.91 Å². The molecule has 0 unspecified atom stereocenters. The van der Waals surface area contributed by atoms with Gasteiger partial charge in [0.1, 0.15) is 6.54 Å². The maximum atomic E-state index is 12.0. The zero-order valence-corrected chi connectivity index (χ0v) is 10.2. The quantitative estimate of drug-likeness (QED) is 0.783. The van der Waals surface area contributed by atoms with Gasteiger partial charge in [-0.25, -0.2) is 0 Å². The zero-order valence-electron chi connectivity index (χ0n) is 10.2. The molecule has 2 rings (SSSR count). The van der Waals surface area contributed by atoms with E-state index in [0.29, 0.717) is 10.9 Å². The summed E-state index contributed by atoms with van der Waals surface area (Å²) in [5.74, 6) is -1.05. The van der Waals surface area contributed by atoms with E-state index in [2.05, 4.69) is 15.0 Å². The van der Waals surface area contributed by atoms with Crippen LogP contribution in [0.25, 0.3) is 10.9 Å². The SMILES string of the molecule is COC(=O)CNC(=O)c1cc(=O)[nH]c2ccccc12. The first-order chi connectivity index (χ1) is 9.11. The molecule has 2 N–H and O–H groups in total. The molecule has 2 aromatic rings. The summed E-state index contributed by atoms with van der Waals surface area (Å²) in [6.07, 6.45) is 0. The summed E-state index contributed by atoms with van der Waals surface area (Å²) >= 11 is 0. The van der Waals surface area contributed by atoms with E-state index in [1.807, 2.05) is 0 Å². The number of amides is 1. The molecule has 0 aliphatic rings. The Labute approximate surface area is 108 Å². The van der Waals surface area contributed by atoms with Crippen LogP contribution >= 0.6 is 0 Å². The summed E-state index contributed by atoms with van der Waals surface area (Å²) < 4.78 is 4.43. The van der Waals surface area contributed by atoms with Crippen molar-refractivity contribution >= 4 is 22.8 Å². The predicted molar refractivity (Wildman–Crippen MR) is 68.9 cm³/mol. The van der Waals surface area contributed by atoms with E-state index in [4.69, 9.17) is 0 Å². The van der Waals surface area contributed by atoms with E-state index >= 15 is 0 Å². The Balaban J connectivity index is 2.36. The molecule has 6 nitrogen and oxygen atoms in total. The van der Waals surface area contributed by atoms with Gasteiger partial charge in [-0.2, -0.15) is 0 Å². The van der Waals surface area contributed by atoms with Crippen LogP contribution in [0.1, 0.15) is 10.4 Å². The van der Waals surface area contributed by atoms with E-state index < -0.39 is 11.9 Å². The van der Waals surface area contributed by atoms with E-state index in [9.17, 15) is 14.4 Å². The molecule has 1 amide bonds. The van der Waals surface area contributed by atoms with Crippen LogP contribution in [0.15, 0.2) is 35.1 Å². The molecule has 0 aliphatic carbocycles. The molecule has 0 spiro atoms. The first kappa shape index (κ1) is 12.8. The number of carbonyl (C=O) groups excluding carboxylic acids is 2. The summed E-state index contributed by atoms with van der Waals surface area (Å²) in [6, 6.07) is 8.15. The lowest BCUT2D eigenvalue weighted by molar-refractivity contribution is -0.139. The van der Waals surface area contributed by atoms with Gasteiger partial charge < -0.3 is 15.0 Å². The molecule has 6 heteroatoms.